The second kappa shape index (κ2) is 5.74. The van der Waals surface area contributed by atoms with E-state index in [-0.39, 0.29) is 5.75 Å². The number of phenolic OH excluding ortho intramolecular Hbond substituents is 1. The van der Waals surface area contributed by atoms with Crippen molar-refractivity contribution in [3.05, 3.63) is 47.2 Å². The number of pyridine rings is 1. The topological polar surface area (TPSA) is 62.4 Å². The lowest BCUT2D eigenvalue weighted by Crippen LogP contribution is -2.18. The predicted octanol–water partition coefficient (Wildman–Crippen LogP) is 2.89. The molecule has 0 amide bonds. The lowest BCUT2D eigenvalue weighted by atomic mass is 9.94. The van der Waals surface area contributed by atoms with Crippen LogP contribution < -0.4 is 10.6 Å². The van der Waals surface area contributed by atoms with E-state index in [0.717, 1.165) is 29.9 Å². The third-order valence-corrected chi connectivity index (χ3v) is 4.11. The fraction of sp³-hybridized carbons (Fsp3) is 0.353. The molecule has 0 unspecified atom stereocenters. The number of aromatic hydroxyl groups is 1. The van der Waals surface area contributed by atoms with Gasteiger partial charge in [-0.1, -0.05) is 6.07 Å². The maximum absolute atomic E-state index is 9.66. The van der Waals surface area contributed by atoms with E-state index in [2.05, 4.69) is 6.07 Å². The number of aromatic nitrogens is 1. The number of rotatable bonds is 3. The lowest BCUT2D eigenvalue weighted by molar-refractivity contribution is 0.475. The van der Waals surface area contributed by atoms with E-state index >= 15 is 0 Å². The third-order valence-electron chi connectivity index (χ3n) is 4.11. The molecule has 2 aromatic rings. The van der Waals surface area contributed by atoms with Gasteiger partial charge in [-0.15, -0.1) is 0 Å². The second-order valence-corrected chi connectivity index (χ2v) is 5.57. The van der Waals surface area contributed by atoms with Crippen LogP contribution in [0.4, 0.5) is 11.5 Å². The van der Waals surface area contributed by atoms with Crippen molar-refractivity contribution in [1.82, 2.24) is 4.98 Å². The van der Waals surface area contributed by atoms with Crippen molar-refractivity contribution in [2.45, 2.75) is 32.2 Å². The smallest absolute Gasteiger partial charge is 0.137 e. The van der Waals surface area contributed by atoms with Crippen LogP contribution in [0.15, 0.2) is 30.3 Å². The predicted molar refractivity (Wildman–Crippen MR) is 84.9 cm³/mol. The van der Waals surface area contributed by atoms with E-state index in [1.54, 1.807) is 12.1 Å². The van der Waals surface area contributed by atoms with Crippen LogP contribution in [-0.2, 0) is 19.4 Å². The first kappa shape index (κ1) is 13.9. The Morgan fingerprint density at radius 1 is 1.24 bits per heavy atom. The van der Waals surface area contributed by atoms with Crippen molar-refractivity contribution < 1.29 is 5.11 Å². The summed E-state index contributed by atoms with van der Waals surface area (Å²) in [6, 6.07) is 9.40. The molecule has 1 heterocycles. The Balaban J connectivity index is 2.04. The van der Waals surface area contributed by atoms with Gasteiger partial charge in [0.15, 0.2) is 0 Å². The molecule has 0 fully saturated rings. The van der Waals surface area contributed by atoms with Gasteiger partial charge >= 0.3 is 0 Å². The van der Waals surface area contributed by atoms with Crippen LogP contribution in [0, 0.1) is 0 Å². The summed E-state index contributed by atoms with van der Waals surface area (Å²) in [5.41, 5.74) is 10.4. The summed E-state index contributed by atoms with van der Waals surface area (Å²) in [7, 11) is 1.96. The fourth-order valence-corrected chi connectivity index (χ4v) is 2.93. The van der Waals surface area contributed by atoms with Crippen molar-refractivity contribution >= 4 is 11.5 Å². The average molecular weight is 283 g/mol. The number of nitrogens with two attached hydrogens (primary N) is 1. The van der Waals surface area contributed by atoms with Crippen LogP contribution in [0.3, 0.4) is 0 Å². The highest BCUT2D eigenvalue weighted by atomic mass is 16.3. The first-order valence-electron chi connectivity index (χ1n) is 7.43. The molecule has 4 heteroatoms. The molecule has 3 rings (SSSR count). The molecule has 0 aliphatic heterocycles. The molecule has 1 aromatic heterocycles. The first-order valence-corrected chi connectivity index (χ1v) is 7.43. The summed E-state index contributed by atoms with van der Waals surface area (Å²) in [5, 5.41) is 9.66. The zero-order valence-corrected chi connectivity index (χ0v) is 12.3. The Morgan fingerprint density at radius 3 is 2.81 bits per heavy atom. The van der Waals surface area contributed by atoms with E-state index in [0.29, 0.717) is 6.54 Å². The number of hydrogen-bond donors (Lipinski definition) is 2. The fourth-order valence-electron chi connectivity index (χ4n) is 2.93. The minimum atomic E-state index is 0.256. The number of fused-ring (bicyclic) bond motifs is 1. The molecule has 0 radical (unpaired) electrons. The highest BCUT2D eigenvalue weighted by molar-refractivity contribution is 5.64. The Labute approximate surface area is 125 Å². The van der Waals surface area contributed by atoms with Gasteiger partial charge in [0.05, 0.1) is 0 Å². The van der Waals surface area contributed by atoms with E-state index in [9.17, 15) is 5.11 Å². The summed E-state index contributed by atoms with van der Waals surface area (Å²) in [6.45, 7) is 0.471. The first-order chi connectivity index (χ1) is 10.2. The van der Waals surface area contributed by atoms with Gasteiger partial charge in [0.25, 0.3) is 0 Å². The van der Waals surface area contributed by atoms with Gasteiger partial charge in [-0.2, -0.15) is 0 Å². The third kappa shape index (κ3) is 2.72. The second-order valence-electron chi connectivity index (χ2n) is 5.57. The Kier molecular flexibility index (Phi) is 3.80. The molecule has 0 bridgehead atoms. The van der Waals surface area contributed by atoms with Crippen LogP contribution in [0.25, 0.3) is 0 Å². The van der Waals surface area contributed by atoms with Crippen LogP contribution >= 0.6 is 0 Å². The summed E-state index contributed by atoms with van der Waals surface area (Å²) >= 11 is 0. The number of aryl methyl sites for hydroxylation is 2. The van der Waals surface area contributed by atoms with E-state index < -0.39 is 0 Å². The van der Waals surface area contributed by atoms with Crippen molar-refractivity contribution in [1.29, 1.82) is 0 Å². The van der Waals surface area contributed by atoms with Crippen molar-refractivity contribution in [2.24, 2.45) is 5.73 Å². The minimum absolute atomic E-state index is 0.256. The maximum Gasteiger partial charge on any atom is 0.137 e. The normalized spacial score (nSPS) is 13.8. The Bertz CT molecular complexity index is 654. The van der Waals surface area contributed by atoms with Gasteiger partial charge in [-0.25, -0.2) is 4.98 Å². The average Bonchev–Trinajstić information content (AvgIpc) is 2.53. The van der Waals surface area contributed by atoms with Crippen molar-refractivity contribution in [3.8, 4) is 5.75 Å². The zero-order valence-electron chi connectivity index (χ0n) is 12.3. The van der Waals surface area contributed by atoms with Gasteiger partial charge < -0.3 is 15.7 Å². The van der Waals surface area contributed by atoms with Gasteiger partial charge in [-0.3, -0.25) is 0 Å². The largest absolute Gasteiger partial charge is 0.508 e. The molecule has 0 saturated heterocycles. The quantitative estimate of drug-likeness (QED) is 0.909. The Morgan fingerprint density at radius 2 is 2.05 bits per heavy atom. The summed E-state index contributed by atoms with van der Waals surface area (Å²) < 4.78 is 0. The molecule has 1 aromatic carbocycles. The zero-order chi connectivity index (χ0) is 14.8. The van der Waals surface area contributed by atoms with E-state index in [4.69, 9.17) is 10.7 Å². The Hall–Kier alpha value is -2.07. The van der Waals surface area contributed by atoms with Gasteiger partial charge in [0.1, 0.15) is 11.6 Å². The van der Waals surface area contributed by atoms with Crippen LogP contribution in [0.2, 0.25) is 0 Å². The monoisotopic (exact) mass is 283 g/mol. The summed E-state index contributed by atoms with van der Waals surface area (Å²) in [4.78, 5) is 6.85. The molecule has 0 atom stereocenters. The van der Waals surface area contributed by atoms with Gasteiger partial charge in [0.2, 0.25) is 0 Å². The maximum atomic E-state index is 9.66. The van der Waals surface area contributed by atoms with Crippen LogP contribution in [-0.4, -0.2) is 17.1 Å². The number of phenols is 1. The number of benzene rings is 1. The lowest BCUT2D eigenvalue weighted by Gasteiger charge is -2.25. The highest BCUT2D eigenvalue weighted by Crippen LogP contribution is 2.31. The van der Waals surface area contributed by atoms with Crippen LogP contribution in [0.1, 0.15) is 29.7 Å². The number of nitrogens with zero attached hydrogens (tertiary/aromatic N) is 2. The summed E-state index contributed by atoms with van der Waals surface area (Å²) in [5.74, 6) is 1.15. The molecule has 0 saturated carbocycles. The van der Waals surface area contributed by atoms with Crippen LogP contribution in [0.5, 0.6) is 5.75 Å². The molecule has 1 aliphatic rings. The summed E-state index contributed by atoms with van der Waals surface area (Å²) in [6.07, 6.45) is 4.59. The molecular weight excluding hydrogens is 262 g/mol. The molecule has 21 heavy (non-hydrogen) atoms. The standard InChI is InChI=1S/C17H21N3O/c1-20(14-6-4-7-15(21)10-14)17-13(11-18)9-12-5-2-3-8-16(12)19-17/h4,6-7,9-10,21H,2-3,5,8,11,18H2,1H3. The molecule has 3 N–H and O–H groups in total. The van der Waals surface area contributed by atoms with Crippen molar-refractivity contribution in [3.63, 3.8) is 0 Å². The molecule has 110 valence electrons. The molecule has 4 nitrogen and oxygen atoms in total. The van der Waals surface area contributed by atoms with Gasteiger partial charge in [0, 0.05) is 36.6 Å². The van der Waals surface area contributed by atoms with E-state index in [1.807, 2.05) is 24.1 Å². The minimum Gasteiger partial charge on any atom is -0.508 e. The SMILES string of the molecule is CN(c1cccc(O)c1)c1nc2c(cc1CN)CCCC2. The van der Waals surface area contributed by atoms with Crippen molar-refractivity contribution in [2.75, 3.05) is 11.9 Å². The van der Waals surface area contributed by atoms with Gasteiger partial charge in [-0.05, 0) is 49.4 Å². The number of anilines is 2. The highest BCUT2D eigenvalue weighted by Gasteiger charge is 2.17. The molecule has 0 spiro atoms. The number of hydrogen-bond acceptors (Lipinski definition) is 4. The molecule has 1 aliphatic carbocycles. The molecular formula is C17H21N3O. The van der Waals surface area contributed by atoms with E-state index in [1.165, 1.54) is 24.1 Å².